The molecule has 0 atom stereocenters. The zero-order chi connectivity index (χ0) is 17.2. The van der Waals surface area contributed by atoms with E-state index in [-0.39, 0.29) is 8.60 Å². The van der Waals surface area contributed by atoms with Crippen LogP contribution in [-0.2, 0) is 0 Å². The molecule has 1 aromatic rings. The molecule has 0 bridgehead atoms. The van der Waals surface area contributed by atoms with Crippen LogP contribution in [0, 0.1) is 17.8 Å². The number of hydrogen-bond acceptors (Lipinski definition) is 1. The molecular formula is C20H31F3O. The van der Waals surface area contributed by atoms with Gasteiger partial charge in [0, 0.05) is 2.85 Å². The van der Waals surface area contributed by atoms with Crippen LogP contribution in [0.2, 0.25) is 0 Å². The second kappa shape index (κ2) is 7.37. The predicted molar refractivity (Wildman–Crippen MR) is 93.2 cm³/mol. The van der Waals surface area contributed by atoms with E-state index in [1.165, 1.54) is 50.7 Å². The molecule has 2 saturated carbocycles. The highest BCUT2D eigenvalue weighted by Gasteiger charge is 2.32. The molecule has 0 heterocycles. The average Bonchev–Trinajstić information content (AvgIpc) is 2.55. The lowest BCUT2D eigenvalue weighted by Gasteiger charge is -2.37. The molecule has 0 N–H and O–H groups in total. The standard InChI is InChI=1S/C20H27F3O.2H2/c1-14-2-4-15(5-3-14)16-6-8-17(9-7-16)18-10-12-19(13-11-18)24-20(21,22)23;;/h10-17H,2-9H2,1H3;2*1H. The van der Waals surface area contributed by atoms with Crippen molar-refractivity contribution >= 4 is 0 Å². The maximum absolute atomic E-state index is 12.2. The van der Waals surface area contributed by atoms with Gasteiger partial charge in [0.15, 0.2) is 0 Å². The first-order chi connectivity index (χ1) is 11.4. The van der Waals surface area contributed by atoms with Crippen molar-refractivity contribution in [3.8, 4) is 5.75 Å². The van der Waals surface area contributed by atoms with Crippen LogP contribution in [0.15, 0.2) is 24.3 Å². The molecule has 2 fully saturated rings. The van der Waals surface area contributed by atoms with E-state index < -0.39 is 6.36 Å². The molecule has 0 aliphatic heterocycles. The molecule has 2 aliphatic carbocycles. The van der Waals surface area contributed by atoms with E-state index in [0.717, 1.165) is 36.2 Å². The lowest BCUT2D eigenvalue weighted by Crippen LogP contribution is -2.24. The summed E-state index contributed by atoms with van der Waals surface area (Å²) in [6.45, 7) is 2.36. The third-order valence-corrected chi connectivity index (χ3v) is 6.08. The molecule has 0 unspecified atom stereocenters. The summed E-state index contributed by atoms with van der Waals surface area (Å²) in [7, 11) is 0. The van der Waals surface area contributed by atoms with Crippen LogP contribution in [0.1, 0.15) is 72.6 Å². The summed E-state index contributed by atoms with van der Waals surface area (Å²) in [5.41, 5.74) is 1.15. The molecule has 138 valence electrons. The van der Waals surface area contributed by atoms with Crippen molar-refractivity contribution in [1.29, 1.82) is 0 Å². The van der Waals surface area contributed by atoms with Crippen LogP contribution in [0.4, 0.5) is 13.2 Å². The Hall–Kier alpha value is -1.19. The molecule has 0 spiro atoms. The summed E-state index contributed by atoms with van der Waals surface area (Å²) in [6.07, 6.45) is 5.79. The SMILES string of the molecule is CC1CCC(C2CCC(c3ccc(OC(F)(F)F)cc3)CC2)CC1.[HH].[HH]. The molecule has 24 heavy (non-hydrogen) atoms. The Balaban J connectivity index is 0.00000169. The second-order valence-corrected chi connectivity index (χ2v) is 7.75. The van der Waals surface area contributed by atoms with Gasteiger partial charge in [0.05, 0.1) is 0 Å². The van der Waals surface area contributed by atoms with Gasteiger partial charge in [-0.1, -0.05) is 31.9 Å². The fourth-order valence-electron chi connectivity index (χ4n) is 4.62. The summed E-state index contributed by atoms with van der Waals surface area (Å²) < 4.78 is 40.6. The minimum absolute atomic E-state index is 0. The van der Waals surface area contributed by atoms with Gasteiger partial charge in [-0.15, -0.1) is 13.2 Å². The molecule has 0 radical (unpaired) electrons. The van der Waals surface area contributed by atoms with Gasteiger partial charge in [-0.25, -0.2) is 0 Å². The Morgan fingerprint density at radius 1 is 0.833 bits per heavy atom. The Bertz CT molecular complexity index is 517. The Morgan fingerprint density at radius 2 is 1.33 bits per heavy atom. The fourth-order valence-corrected chi connectivity index (χ4v) is 4.62. The average molecular weight is 344 g/mol. The molecule has 1 nitrogen and oxygen atoms in total. The van der Waals surface area contributed by atoms with E-state index >= 15 is 0 Å². The number of halogens is 3. The highest BCUT2D eigenvalue weighted by molar-refractivity contribution is 5.29. The number of benzene rings is 1. The zero-order valence-corrected chi connectivity index (χ0v) is 14.3. The quantitative estimate of drug-likeness (QED) is 0.564. The summed E-state index contributed by atoms with van der Waals surface area (Å²) in [4.78, 5) is 0. The van der Waals surface area contributed by atoms with E-state index in [9.17, 15) is 13.2 Å². The molecule has 0 saturated heterocycles. The lowest BCUT2D eigenvalue weighted by atomic mass is 9.68. The highest BCUT2D eigenvalue weighted by atomic mass is 19.4. The van der Waals surface area contributed by atoms with E-state index in [1.807, 2.05) is 0 Å². The van der Waals surface area contributed by atoms with E-state index in [1.54, 1.807) is 12.1 Å². The van der Waals surface area contributed by atoms with Gasteiger partial charge >= 0.3 is 6.36 Å². The molecule has 4 heteroatoms. The Morgan fingerprint density at radius 3 is 1.83 bits per heavy atom. The van der Waals surface area contributed by atoms with Crippen molar-refractivity contribution in [3.05, 3.63) is 29.8 Å². The topological polar surface area (TPSA) is 9.23 Å². The smallest absolute Gasteiger partial charge is 0.406 e. The van der Waals surface area contributed by atoms with Crippen LogP contribution < -0.4 is 4.74 Å². The first-order valence-electron chi connectivity index (χ1n) is 9.26. The second-order valence-electron chi connectivity index (χ2n) is 7.75. The van der Waals surface area contributed by atoms with Gasteiger partial charge in [0.2, 0.25) is 0 Å². The van der Waals surface area contributed by atoms with Gasteiger partial charge < -0.3 is 4.74 Å². The predicted octanol–water partition coefficient (Wildman–Crippen LogP) is 7.18. The van der Waals surface area contributed by atoms with Crippen molar-refractivity contribution in [1.82, 2.24) is 0 Å². The molecule has 0 amide bonds. The maximum atomic E-state index is 12.2. The van der Waals surface area contributed by atoms with Crippen LogP contribution >= 0.6 is 0 Å². The highest BCUT2D eigenvalue weighted by Crippen LogP contribution is 2.44. The number of ether oxygens (including phenoxy) is 1. The van der Waals surface area contributed by atoms with Crippen LogP contribution in [-0.4, -0.2) is 6.36 Å². The van der Waals surface area contributed by atoms with Crippen molar-refractivity contribution in [2.45, 2.75) is 70.6 Å². The van der Waals surface area contributed by atoms with Gasteiger partial charge in [-0.3, -0.25) is 0 Å². The van der Waals surface area contributed by atoms with Gasteiger partial charge in [0.1, 0.15) is 5.75 Å². The van der Waals surface area contributed by atoms with Crippen molar-refractivity contribution in [2.24, 2.45) is 17.8 Å². The van der Waals surface area contributed by atoms with E-state index in [0.29, 0.717) is 5.92 Å². The monoisotopic (exact) mass is 344 g/mol. The lowest BCUT2D eigenvalue weighted by molar-refractivity contribution is -0.274. The van der Waals surface area contributed by atoms with Crippen LogP contribution in [0.3, 0.4) is 0 Å². The van der Waals surface area contributed by atoms with Crippen LogP contribution in [0.5, 0.6) is 5.75 Å². The summed E-state index contributed by atoms with van der Waals surface area (Å²) >= 11 is 0. The van der Waals surface area contributed by atoms with E-state index in [2.05, 4.69) is 11.7 Å². The molecular weight excluding hydrogens is 313 g/mol. The number of rotatable bonds is 3. The Kier molecular flexibility index (Phi) is 5.41. The number of alkyl halides is 3. The maximum Gasteiger partial charge on any atom is 0.573 e. The normalized spacial score (nSPS) is 31.7. The summed E-state index contributed by atoms with van der Waals surface area (Å²) in [6, 6.07) is 6.48. The third-order valence-electron chi connectivity index (χ3n) is 6.08. The minimum Gasteiger partial charge on any atom is -0.406 e. The van der Waals surface area contributed by atoms with E-state index in [4.69, 9.17) is 0 Å². The van der Waals surface area contributed by atoms with Crippen molar-refractivity contribution in [2.75, 3.05) is 0 Å². The Labute approximate surface area is 145 Å². The first-order valence-corrected chi connectivity index (χ1v) is 9.26. The molecule has 1 aromatic carbocycles. The molecule has 2 aliphatic rings. The van der Waals surface area contributed by atoms with Crippen molar-refractivity contribution < 1.29 is 20.8 Å². The largest absolute Gasteiger partial charge is 0.573 e. The third kappa shape index (κ3) is 4.67. The number of hydrogen-bond donors (Lipinski definition) is 0. The minimum atomic E-state index is -4.61. The van der Waals surface area contributed by atoms with Gasteiger partial charge in [-0.05, 0) is 79.9 Å². The van der Waals surface area contributed by atoms with Crippen LogP contribution in [0.25, 0.3) is 0 Å². The van der Waals surface area contributed by atoms with Gasteiger partial charge in [0.25, 0.3) is 0 Å². The molecule has 3 rings (SSSR count). The molecule has 0 aromatic heterocycles. The summed E-state index contributed by atoms with van der Waals surface area (Å²) in [5.74, 6) is 3.03. The first kappa shape index (κ1) is 17.6. The zero-order valence-electron chi connectivity index (χ0n) is 14.3. The van der Waals surface area contributed by atoms with Gasteiger partial charge in [-0.2, -0.15) is 0 Å². The fraction of sp³-hybridized carbons (Fsp3) is 0.700. The summed E-state index contributed by atoms with van der Waals surface area (Å²) in [5, 5.41) is 0. The van der Waals surface area contributed by atoms with Crippen molar-refractivity contribution in [3.63, 3.8) is 0 Å².